The first-order chi connectivity index (χ1) is 12.7. The Morgan fingerprint density at radius 2 is 1.19 bits per heavy atom. The van der Waals surface area contributed by atoms with Gasteiger partial charge in [-0.15, -0.1) is 0 Å². The molecule has 4 fully saturated rings. The van der Waals surface area contributed by atoms with Crippen molar-refractivity contribution in [3.8, 4) is 0 Å². The number of nitrogens with one attached hydrogen (secondary N) is 2. The molecule has 4 rings (SSSR count). The van der Waals surface area contributed by atoms with Crippen molar-refractivity contribution in [2.75, 3.05) is 0 Å². The van der Waals surface area contributed by atoms with Crippen LogP contribution in [0.4, 0.5) is 0 Å². The fourth-order valence-corrected chi connectivity index (χ4v) is 5.70. The van der Waals surface area contributed by atoms with E-state index in [0.29, 0.717) is 11.8 Å². The van der Waals surface area contributed by atoms with Gasteiger partial charge in [0.25, 0.3) is 0 Å². The van der Waals surface area contributed by atoms with Gasteiger partial charge in [0.1, 0.15) is 0 Å². The van der Waals surface area contributed by atoms with Crippen LogP contribution < -0.4 is 10.9 Å². The van der Waals surface area contributed by atoms with Gasteiger partial charge in [0.05, 0.1) is 0 Å². The topological polar surface area (TPSA) is 82.9 Å². The van der Waals surface area contributed by atoms with Gasteiger partial charge in [-0.3, -0.25) is 9.59 Å². The van der Waals surface area contributed by atoms with Crippen LogP contribution in [0.1, 0.15) is 64.2 Å². The SMILES string of the molecule is O=C(CCC(=O)N/N=C/C1CC2CCC1C2)N/N=C/C1CC2CCC1C2. The second-order valence-corrected chi connectivity index (χ2v) is 8.80. The Morgan fingerprint density at radius 3 is 1.54 bits per heavy atom. The number of nitrogens with zero attached hydrogens (tertiary/aromatic N) is 2. The van der Waals surface area contributed by atoms with E-state index < -0.39 is 0 Å². The summed E-state index contributed by atoms with van der Waals surface area (Å²) in [6.07, 6.45) is 14.5. The minimum atomic E-state index is -0.211. The maximum atomic E-state index is 11.8. The van der Waals surface area contributed by atoms with Gasteiger partial charge in [-0.2, -0.15) is 10.2 Å². The van der Waals surface area contributed by atoms with Crippen molar-refractivity contribution >= 4 is 24.2 Å². The molecule has 0 aliphatic heterocycles. The van der Waals surface area contributed by atoms with Crippen molar-refractivity contribution in [3.05, 3.63) is 0 Å². The zero-order valence-electron chi connectivity index (χ0n) is 15.4. The molecule has 2 N–H and O–H groups in total. The summed E-state index contributed by atoms with van der Waals surface area (Å²) in [7, 11) is 0. The number of hydrazone groups is 2. The molecule has 4 aliphatic carbocycles. The molecule has 0 aromatic carbocycles. The molecular formula is C20H30N4O2. The molecule has 0 radical (unpaired) electrons. The summed E-state index contributed by atoms with van der Waals surface area (Å²) in [5, 5.41) is 8.20. The second-order valence-electron chi connectivity index (χ2n) is 8.80. The third kappa shape index (κ3) is 4.15. The van der Waals surface area contributed by atoms with Crippen molar-refractivity contribution < 1.29 is 9.59 Å². The predicted molar refractivity (Wildman–Crippen MR) is 100 cm³/mol. The van der Waals surface area contributed by atoms with Crippen LogP contribution in [-0.2, 0) is 9.59 Å². The first-order valence-electron chi connectivity index (χ1n) is 10.3. The molecule has 0 heterocycles. The lowest BCUT2D eigenvalue weighted by Gasteiger charge is -2.16. The summed E-state index contributed by atoms with van der Waals surface area (Å²) < 4.78 is 0. The summed E-state index contributed by atoms with van der Waals surface area (Å²) >= 11 is 0. The molecule has 0 aromatic rings. The highest BCUT2D eigenvalue weighted by atomic mass is 16.2. The van der Waals surface area contributed by atoms with Crippen LogP contribution in [0, 0.1) is 35.5 Å². The number of hydrogen-bond acceptors (Lipinski definition) is 4. The Labute approximate surface area is 155 Å². The van der Waals surface area contributed by atoms with E-state index in [1.165, 1.54) is 51.4 Å². The number of carbonyl (C=O) groups is 2. The van der Waals surface area contributed by atoms with Gasteiger partial charge >= 0.3 is 0 Å². The third-order valence-corrected chi connectivity index (χ3v) is 7.08. The number of amides is 2. The van der Waals surface area contributed by atoms with Crippen molar-refractivity contribution in [2.24, 2.45) is 45.7 Å². The molecule has 4 saturated carbocycles. The van der Waals surface area contributed by atoms with E-state index in [-0.39, 0.29) is 24.7 Å². The van der Waals surface area contributed by atoms with Crippen LogP contribution in [0.5, 0.6) is 0 Å². The van der Waals surface area contributed by atoms with Crippen molar-refractivity contribution in [1.82, 2.24) is 10.9 Å². The third-order valence-electron chi connectivity index (χ3n) is 7.08. The molecule has 6 heteroatoms. The molecule has 4 aliphatic rings. The van der Waals surface area contributed by atoms with E-state index in [1.807, 2.05) is 12.4 Å². The van der Waals surface area contributed by atoms with Crippen molar-refractivity contribution in [1.29, 1.82) is 0 Å². The summed E-state index contributed by atoms with van der Waals surface area (Å²) in [6, 6.07) is 0. The van der Waals surface area contributed by atoms with E-state index in [1.54, 1.807) is 0 Å². The number of rotatable bonds is 7. The van der Waals surface area contributed by atoms with Gasteiger partial charge in [0.15, 0.2) is 0 Å². The molecule has 6 atom stereocenters. The summed E-state index contributed by atoms with van der Waals surface area (Å²) in [6.45, 7) is 0. The van der Waals surface area contributed by atoms with Gasteiger partial charge in [-0.1, -0.05) is 12.8 Å². The summed E-state index contributed by atoms with van der Waals surface area (Å²) in [4.78, 5) is 23.6. The zero-order valence-corrected chi connectivity index (χ0v) is 15.4. The highest BCUT2D eigenvalue weighted by Gasteiger charge is 2.39. The maximum absolute atomic E-state index is 11.8. The fraction of sp³-hybridized carbons (Fsp3) is 0.800. The predicted octanol–water partition coefficient (Wildman–Crippen LogP) is 2.84. The summed E-state index contributed by atoms with van der Waals surface area (Å²) in [5.41, 5.74) is 5.11. The van der Waals surface area contributed by atoms with Gasteiger partial charge in [0.2, 0.25) is 11.8 Å². The van der Waals surface area contributed by atoms with E-state index >= 15 is 0 Å². The van der Waals surface area contributed by atoms with Crippen LogP contribution in [0.15, 0.2) is 10.2 Å². The van der Waals surface area contributed by atoms with Crippen LogP contribution in [0.25, 0.3) is 0 Å². The molecule has 6 nitrogen and oxygen atoms in total. The van der Waals surface area contributed by atoms with E-state index in [4.69, 9.17) is 0 Å². The average molecular weight is 358 g/mol. The van der Waals surface area contributed by atoms with Gasteiger partial charge in [0, 0.05) is 25.3 Å². The molecule has 0 aromatic heterocycles. The van der Waals surface area contributed by atoms with Crippen LogP contribution >= 0.6 is 0 Å². The van der Waals surface area contributed by atoms with Crippen molar-refractivity contribution in [2.45, 2.75) is 64.2 Å². The Hall–Kier alpha value is -1.72. The number of hydrogen-bond donors (Lipinski definition) is 2. The molecule has 2 amide bonds. The maximum Gasteiger partial charge on any atom is 0.240 e. The fourth-order valence-electron chi connectivity index (χ4n) is 5.70. The minimum Gasteiger partial charge on any atom is -0.273 e. The standard InChI is InChI=1S/C20H30N4O2/c25-19(23-21-11-17-9-13-1-3-15(17)7-13)5-6-20(26)24-22-12-18-10-14-2-4-16(18)8-14/h11-18H,1-10H2,(H,23,25)(H,24,26)/b21-11+,22-12+. The first kappa shape index (κ1) is 17.7. The number of carbonyl (C=O) groups excluding carboxylic acids is 2. The molecule has 142 valence electrons. The van der Waals surface area contributed by atoms with Crippen LogP contribution in [0.2, 0.25) is 0 Å². The first-order valence-corrected chi connectivity index (χ1v) is 10.3. The van der Waals surface area contributed by atoms with Gasteiger partial charge < -0.3 is 0 Å². The van der Waals surface area contributed by atoms with E-state index in [9.17, 15) is 9.59 Å². The summed E-state index contributed by atoms with van der Waals surface area (Å²) in [5.74, 6) is 3.90. The van der Waals surface area contributed by atoms with Gasteiger partial charge in [-0.25, -0.2) is 10.9 Å². The highest BCUT2D eigenvalue weighted by Crippen LogP contribution is 2.48. The molecule has 0 saturated heterocycles. The second kappa shape index (κ2) is 7.89. The Kier molecular flexibility index (Phi) is 5.36. The number of fused-ring (bicyclic) bond motifs is 4. The molecule has 0 spiro atoms. The van der Waals surface area contributed by atoms with Gasteiger partial charge in [-0.05, 0) is 74.0 Å². The van der Waals surface area contributed by atoms with Crippen molar-refractivity contribution in [3.63, 3.8) is 0 Å². The molecular weight excluding hydrogens is 328 g/mol. The smallest absolute Gasteiger partial charge is 0.240 e. The van der Waals surface area contributed by atoms with E-state index in [0.717, 1.165) is 23.7 Å². The zero-order chi connectivity index (χ0) is 17.9. The molecule has 6 unspecified atom stereocenters. The largest absolute Gasteiger partial charge is 0.273 e. The van der Waals surface area contributed by atoms with E-state index in [2.05, 4.69) is 21.1 Å². The lowest BCUT2D eigenvalue weighted by Crippen LogP contribution is -2.24. The highest BCUT2D eigenvalue weighted by molar-refractivity contribution is 5.84. The molecule has 26 heavy (non-hydrogen) atoms. The monoisotopic (exact) mass is 358 g/mol. The molecule has 4 bridgehead atoms. The Morgan fingerprint density at radius 1 is 0.731 bits per heavy atom. The average Bonchev–Trinajstić information content (AvgIpc) is 3.41. The Bertz CT molecular complexity index is 551. The lowest BCUT2D eigenvalue weighted by atomic mass is 9.90. The lowest BCUT2D eigenvalue weighted by molar-refractivity contribution is -0.126. The minimum absolute atomic E-state index is 0.142. The normalized spacial score (nSPS) is 37.8. The van der Waals surface area contributed by atoms with Crippen LogP contribution in [-0.4, -0.2) is 24.2 Å². The van der Waals surface area contributed by atoms with Crippen LogP contribution in [0.3, 0.4) is 0 Å². The Balaban J connectivity index is 1.09. The quantitative estimate of drug-likeness (QED) is 0.542.